The summed E-state index contributed by atoms with van der Waals surface area (Å²) in [6.45, 7) is 5.59. The zero-order chi connectivity index (χ0) is 13.1. The Labute approximate surface area is 106 Å². The highest BCUT2D eigenvalue weighted by Gasteiger charge is 2.23. The highest BCUT2D eigenvalue weighted by molar-refractivity contribution is 5.21. The molecule has 0 aromatic heterocycles. The summed E-state index contributed by atoms with van der Waals surface area (Å²) in [5, 5.41) is 3.39. The van der Waals surface area contributed by atoms with Gasteiger partial charge in [0.05, 0.1) is 12.7 Å². The monoisotopic (exact) mass is 255 g/mol. The minimum absolute atomic E-state index is 0.191. The Morgan fingerprint density at radius 2 is 2.11 bits per heavy atom. The first kappa shape index (κ1) is 13.4. The minimum Gasteiger partial charge on any atom is -0.371 e. The summed E-state index contributed by atoms with van der Waals surface area (Å²) < 4.78 is 31.7. The molecule has 2 unspecified atom stereocenters. The number of hydrogen-bond donors (Lipinski definition) is 1. The first-order chi connectivity index (χ1) is 8.56. The van der Waals surface area contributed by atoms with Crippen molar-refractivity contribution < 1.29 is 13.5 Å². The SMILES string of the molecule is CC(C)CC1COC(c2ccc(F)c(F)c2)CN1. The van der Waals surface area contributed by atoms with Gasteiger partial charge in [0.1, 0.15) is 0 Å². The van der Waals surface area contributed by atoms with Crippen LogP contribution in [0, 0.1) is 17.6 Å². The van der Waals surface area contributed by atoms with Crippen molar-refractivity contribution in [2.75, 3.05) is 13.2 Å². The molecule has 0 amide bonds. The quantitative estimate of drug-likeness (QED) is 0.896. The molecule has 18 heavy (non-hydrogen) atoms. The van der Waals surface area contributed by atoms with Crippen molar-refractivity contribution in [3.05, 3.63) is 35.4 Å². The molecule has 2 nitrogen and oxygen atoms in total. The number of rotatable bonds is 3. The average Bonchev–Trinajstić information content (AvgIpc) is 2.33. The van der Waals surface area contributed by atoms with Gasteiger partial charge in [-0.05, 0) is 30.0 Å². The number of halogens is 2. The molecular formula is C14H19F2NO. The molecule has 1 saturated heterocycles. The number of ether oxygens (including phenoxy) is 1. The molecule has 100 valence electrons. The van der Waals surface area contributed by atoms with E-state index in [9.17, 15) is 8.78 Å². The summed E-state index contributed by atoms with van der Waals surface area (Å²) in [7, 11) is 0. The Morgan fingerprint density at radius 3 is 2.67 bits per heavy atom. The van der Waals surface area contributed by atoms with Crippen LogP contribution in [0.5, 0.6) is 0 Å². The molecule has 0 radical (unpaired) electrons. The van der Waals surface area contributed by atoms with Crippen molar-refractivity contribution in [3.8, 4) is 0 Å². The van der Waals surface area contributed by atoms with Crippen LogP contribution < -0.4 is 5.32 Å². The highest BCUT2D eigenvalue weighted by atomic mass is 19.2. The zero-order valence-corrected chi connectivity index (χ0v) is 10.7. The fraction of sp³-hybridized carbons (Fsp3) is 0.571. The van der Waals surface area contributed by atoms with Gasteiger partial charge in [-0.1, -0.05) is 19.9 Å². The molecule has 2 atom stereocenters. The largest absolute Gasteiger partial charge is 0.371 e. The topological polar surface area (TPSA) is 21.3 Å². The molecule has 1 heterocycles. The molecule has 0 saturated carbocycles. The van der Waals surface area contributed by atoms with Crippen molar-refractivity contribution in [1.29, 1.82) is 0 Å². The predicted molar refractivity (Wildman–Crippen MR) is 66.3 cm³/mol. The van der Waals surface area contributed by atoms with Crippen molar-refractivity contribution in [3.63, 3.8) is 0 Å². The maximum atomic E-state index is 13.1. The van der Waals surface area contributed by atoms with Gasteiger partial charge in [0.15, 0.2) is 11.6 Å². The van der Waals surface area contributed by atoms with Gasteiger partial charge in [-0.2, -0.15) is 0 Å². The predicted octanol–water partition coefficient (Wildman–Crippen LogP) is 3.04. The third-order valence-electron chi connectivity index (χ3n) is 3.16. The van der Waals surface area contributed by atoms with Gasteiger partial charge < -0.3 is 10.1 Å². The number of morpholine rings is 1. The lowest BCUT2D eigenvalue weighted by Gasteiger charge is -2.31. The van der Waals surface area contributed by atoms with E-state index in [1.165, 1.54) is 6.07 Å². The van der Waals surface area contributed by atoms with E-state index in [0.29, 0.717) is 30.7 Å². The Balaban J connectivity index is 1.94. The standard InChI is InChI=1S/C14H19F2NO/c1-9(2)5-11-8-18-14(7-17-11)10-3-4-12(15)13(16)6-10/h3-4,6,9,11,14,17H,5,7-8H2,1-2H3. The summed E-state index contributed by atoms with van der Waals surface area (Å²) in [6, 6.07) is 4.29. The van der Waals surface area contributed by atoms with E-state index in [-0.39, 0.29) is 6.10 Å². The number of benzene rings is 1. The molecule has 1 aliphatic rings. The average molecular weight is 255 g/mol. The maximum Gasteiger partial charge on any atom is 0.159 e. The summed E-state index contributed by atoms with van der Waals surface area (Å²) in [6.07, 6.45) is 0.869. The van der Waals surface area contributed by atoms with Crippen molar-refractivity contribution in [1.82, 2.24) is 5.32 Å². The first-order valence-electron chi connectivity index (χ1n) is 6.36. The molecule has 1 aromatic carbocycles. The molecule has 1 N–H and O–H groups in total. The lowest BCUT2D eigenvalue weighted by molar-refractivity contribution is -0.00150. The van der Waals surface area contributed by atoms with Crippen molar-refractivity contribution >= 4 is 0 Å². The minimum atomic E-state index is -0.819. The second-order valence-electron chi connectivity index (χ2n) is 5.23. The Kier molecular flexibility index (Phi) is 4.30. The van der Waals surface area contributed by atoms with Gasteiger partial charge in [-0.3, -0.25) is 0 Å². The van der Waals surface area contributed by atoms with Gasteiger partial charge in [0.2, 0.25) is 0 Å². The number of hydrogen-bond acceptors (Lipinski definition) is 2. The van der Waals surface area contributed by atoms with Gasteiger partial charge in [0.25, 0.3) is 0 Å². The van der Waals surface area contributed by atoms with Crippen LogP contribution in [0.15, 0.2) is 18.2 Å². The van der Waals surface area contributed by atoms with E-state index in [1.54, 1.807) is 6.07 Å². The summed E-state index contributed by atoms with van der Waals surface area (Å²) in [5.41, 5.74) is 0.685. The van der Waals surface area contributed by atoms with Gasteiger partial charge >= 0.3 is 0 Å². The number of nitrogens with one attached hydrogen (secondary N) is 1. The van der Waals surface area contributed by atoms with E-state index in [0.717, 1.165) is 12.5 Å². The van der Waals surface area contributed by atoms with E-state index in [1.807, 2.05) is 0 Å². The highest BCUT2D eigenvalue weighted by Crippen LogP contribution is 2.23. The van der Waals surface area contributed by atoms with Crippen molar-refractivity contribution in [2.45, 2.75) is 32.4 Å². The maximum absolute atomic E-state index is 13.1. The van der Waals surface area contributed by atoms with Crippen LogP contribution >= 0.6 is 0 Å². The van der Waals surface area contributed by atoms with Crippen LogP contribution in [0.3, 0.4) is 0 Å². The second kappa shape index (κ2) is 5.76. The third kappa shape index (κ3) is 3.27. The van der Waals surface area contributed by atoms with Crippen LogP contribution in [-0.2, 0) is 4.74 Å². The Bertz CT molecular complexity index is 401. The summed E-state index contributed by atoms with van der Waals surface area (Å²) in [4.78, 5) is 0. The fourth-order valence-corrected chi connectivity index (χ4v) is 2.27. The van der Waals surface area contributed by atoms with Crippen LogP contribution in [0.1, 0.15) is 31.9 Å². The molecule has 1 aromatic rings. The molecule has 1 fully saturated rings. The third-order valence-corrected chi connectivity index (χ3v) is 3.16. The van der Waals surface area contributed by atoms with E-state index in [2.05, 4.69) is 19.2 Å². The molecule has 0 aliphatic carbocycles. The Hall–Kier alpha value is -1.00. The Morgan fingerprint density at radius 1 is 1.33 bits per heavy atom. The van der Waals surface area contributed by atoms with E-state index < -0.39 is 11.6 Å². The van der Waals surface area contributed by atoms with E-state index in [4.69, 9.17) is 4.74 Å². The smallest absolute Gasteiger partial charge is 0.159 e. The van der Waals surface area contributed by atoms with Gasteiger partial charge in [-0.25, -0.2) is 8.78 Å². The molecule has 1 aliphatic heterocycles. The van der Waals surface area contributed by atoms with Crippen LogP contribution in [-0.4, -0.2) is 19.2 Å². The second-order valence-corrected chi connectivity index (χ2v) is 5.23. The van der Waals surface area contributed by atoms with Gasteiger partial charge in [-0.15, -0.1) is 0 Å². The molecule has 2 rings (SSSR count). The molecule has 0 bridgehead atoms. The molecule has 4 heteroatoms. The molecule has 0 spiro atoms. The van der Waals surface area contributed by atoms with Gasteiger partial charge in [0, 0.05) is 12.6 Å². The molecular weight excluding hydrogens is 236 g/mol. The first-order valence-corrected chi connectivity index (χ1v) is 6.36. The zero-order valence-electron chi connectivity index (χ0n) is 10.7. The van der Waals surface area contributed by atoms with Crippen LogP contribution in [0.2, 0.25) is 0 Å². The lowest BCUT2D eigenvalue weighted by Crippen LogP contribution is -2.43. The van der Waals surface area contributed by atoms with Crippen LogP contribution in [0.4, 0.5) is 8.78 Å². The van der Waals surface area contributed by atoms with Crippen LogP contribution in [0.25, 0.3) is 0 Å². The summed E-state index contributed by atoms with van der Waals surface area (Å²) in [5.74, 6) is -1.02. The van der Waals surface area contributed by atoms with Crippen molar-refractivity contribution in [2.24, 2.45) is 5.92 Å². The van der Waals surface area contributed by atoms with E-state index >= 15 is 0 Å². The lowest BCUT2D eigenvalue weighted by atomic mass is 10.0. The normalized spacial score (nSPS) is 24.5. The summed E-state index contributed by atoms with van der Waals surface area (Å²) >= 11 is 0. The fourth-order valence-electron chi connectivity index (χ4n) is 2.27.